The van der Waals surface area contributed by atoms with Crippen molar-refractivity contribution < 1.29 is 14.6 Å². The van der Waals surface area contributed by atoms with Crippen molar-refractivity contribution in [2.45, 2.75) is 44.9 Å². The van der Waals surface area contributed by atoms with Gasteiger partial charge in [-0.25, -0.2) is 4.98 Å². The predicted molar refractivity (Wildman–Crippen MR) is 125 cm³/mol. The topological polar surface area (TPSA) is 119 Å². The Morgan fingerprint density at radius 3 is 2.70 bits per heavy atom. The van der Waals surface area contributed by atoms with Gasteiger partial charge in [0.15, 0.2) is 5.65 Å². The molecule has 1 aliphatic rings. The largest absolute Gasteiger partial charge is 0.481 e. The lowest BCUT2D eigenvalue weighted by molar-refractivity contribution is 0.0448. The van der Waals surface area contributed by atoms with Crippen LogP contribution in [0.4, 0.5) is 5.82 Å². The Kier molecular flexibility index (Phi) is 5.16. The number of fused-ring (bicyclic) bond motifs is 2. The highest BCUT2D eigenvalue weighted by Gasteiger charge is 2.31. The summed E-state index contributed by atoms with van der Waals surface area (Å²) >= 11 is 0. The Morgan fingerprint density at radius 1 is 1.24 bits per heavy atom. The summed E-state index contributed by atoms with van der Waals surface area (Å²) in [5.74, 6) is 0.947. The molecule has 3 N–H and O–H groups in total. The van der Waals surface area contributed by atoms with Gasteiger partial charge in [-0.2, -0.15) is 14.6 Å². The second-order valence-electron chi connectivity index (χ2n) is 8.56. The van der Waals surface area contributed by atoms with Crippen LogP contribution in [0.1, 0.15) is 43.1 Å². The van der Waals surface area contributed by atoms with Gasteiger partial charge in [-0.05, 0) is 32.8 Å². The van der Waals surface area contributed by atoms with Gasteiger partial charge < -0.3 is 25.0 Å². The molecule has 5 rings (SSSR count). The molecule has 10 heteroatoms. The summed E-state index contributed by atoms with van der Waals surface area (Å²) < 4.78 is 9.02. The van der Waals surface area contributed by atoms with E-state index in [-0.39, 0.29) is 18.0 Å². The molecule has 0 radical (unpaired) electrons. The van der Waals surface area contributed by atoms with Gasteiger partial charge in [0.1, 0.15) is 17.0 Å². The number of aliphatic hydroxyl groups excluding tert-OH is 1. The van der Waals surface area contributed by atoms with Crippen molar-refractivity contribution in [1.29, 1.82) is 0 Å². The van der Waals surface area contributed by atoms with Gasteiger partial charge in [-0.1, -0.05) is 0 Å². The number of rotatable bonds is 6. The van der Waals surface area contributed by atoms with Crippen LogP contribution in [0, 0.1) is 0 Å². The maximum atomic E-state index is 12.9. The lowest BCUT2D eigenvalue weighted by Gasteiger charge is -2.32. The number of nitrogens with zero attached hydrogens (tertiary/aromatic N) is 5. The smallest absolute Gasteiger partial charge is 0.257 e. The molecule has 1 amide bonds. The van der Waals surface area contributed by atoms with Crippen molar-refractivity contribution in [1.82, 2.24) is 29.5 Å². The zero-order valence-electron chi connectivity index (χ0n) is 19.0. The molecular weight excluding hydrogens is 422 g/mol. The monoisotopic (exact) mass is 449 g/mol. The number of carbonyl (C=O) groups is 1. The highest BCUT2D eigenvalue weighted by atomic mass is 16.5. The molecule has 4 aromatic rings. The van der Waals surface area contributed by atoms with Crippen LogP contribution in [0.2, 0.25) is 0 Å². The number of anilines is 1. The predicted octanol–water partition coefficient (Wildman–Crippen LogP) is 2.63. The first-order valence-corrected chi connectivity index (χ1v) is 11.0. The minimum Gasteiger partial charge on any atom is -0.481 e. The Morgan fingerprint density at radius 2 is 2.06 bits per heavy atom. The molecular formula is C23H27N7O3. The summed E-state index contributed by atoms with van der Waals surface area (Å²) in [6.07, 6.45) is 4.50. The number of hydrogen-bond acceptors (Lipinski definition) is 7. The summed E-state index contributed by atoms with van der Waals surface area (Å²) in [6.45, 7) is 4.18. The molecule has 0 spiro atoms. The molecule has 0 aliphatic heterocycles. The summed E-state index contributed by atoms with van der Waals surface area (Å²) in [7, 11) is 3.40. The molecule has 1 saturated carbocycles. The van der Waals surface area contributed by atoms with E-state index in [0.717, 1.165) is 23.0 Å². The van der Waals surface area contributed by atoms with Crippen molar-refractivity contribution in [3.8, 4) is 17.1 Å². The first-order valence-electron chi connectivity index (χ1n) is 11.0. The minimum atomic E-state index is -0.501. The van der Waals surface area contributed by atoms with Crippen LogP contribution in [0.15, 0.2) is 30.6 Å². The van der Waals surface area contributed by atoms with Crippen LogP contribution in [0.25, 0.3) is 27.9 Å². The van der Waals surface area contributed by atoms with Crippen molar-refractivity contribution >= 4 is 28.4 Å². The van der Waals surface area contributed by atoms with E-state index in [0.29, 0.717) is 35.0 Å². The van der Waals surface area contributed by atoms with Crippen molar-refractivity contribution in [3.05, 3.63) is 36.2 Å². The first-order chi connectivity index (χ1) is 15.9. The first kappa shape index (κ1) is 21.2. The number of methoxy groups -OCH3 is 1. The van der Waals surface area contributed by atoms with Crippen LogP contribution in [-0.2, 0) is 0 Å². The molecule has 1 unspecified atom stereocenters. The number of aliphatic hydroxyl groups is 1. The van der Waals surface area contributed by atoms with E-state index in [2.05, 4.69) is 39.1 Å². The summed E-state index contributed by atoms with van der Waals surface area (Å²) in [4.78, 5) is 22.4. The van der Waals surface area contributed by atoms with Gasteiger partial charge in [0.05, 0.1) is 31.1 Å². The third-order valence-electron chi connectivity index (χ3n) is 6.22. The number of nitrogens with one attached hydrogen (secondary N) is 2. The molecule has 0 saturated heterocycles. The highest BCUT2D eigenvalue weighted by molar-refractivity contribution is 6.01. The van der Waals surface area contributed by atoms with Gasteiger partial charge in [0.2, 0.25) is 5.88 Å². The molecule has 4 heterocycles. The van der Waals surface area contributed by atoms with Crippen molar-refractivity contribution in [2.24, 2.45) is 0 Å². The zero-order valence-corrected chi connectivity index (χ0v) is 19.0. The maximum absolute atomic E-state index is 12.9. The molecule has 10 nitrogen and oxygen atoms in total. The van der Waals surface area contributed by atoms with Crippen LogP contribution < -0.4 is 15.4 Å². The molecule has 1 fully saturated rings. The van der Waals surface area contributed by atoms with Gasteiger partial charge in [0.25, 0.3) is 5.91 Å². The number of aromatic nitrogens is 5. The van der Waals surface area contributed by atoms with Crippen LogP contribution in [0.3, 0.4) is 0 Å². The number of carbonyl (C=O) groups excluding carboxylic acids is 1. The fraction of sp³-hybridized carbons (Fsp3) is 0.391. The average molecular weight is 450 g/mol. The fourth-order valence-corrected chi connectivity index (χ4v) is 4.16. The second kappa shape index (κ2) is 8.04. The average Bonchev–Trinajstić information content (AvgIpc) is 3.42. The molecule has 2 atom stereocenters. The third-order valence-corrected chi connectivity index (χ3v) is 6.22. The standard InChI is InChI=1S/C23H27N7O3/c1-12(2)29-11-15(13-5-8-20(33-4)28-21(13)29)17-9-19(24-3)30-22(26-17)14(10-25-30)23(32)27-16-6-7-18(16)31/h5,8-12,16,18,24,31H,6-7H2,1-4H3,(H,27,32)/t16?,18-/m0/s1. The van der Waals surface area contributed by atoms with E-state index in [1.807, 2.05) is 24.4 Å². The van der Waals surface area contributed by atoms with Crippen LogP contribution in [0.5, 0.6) is 5.88 Å². The second-order valence-corrected chi connectivity index (χ2v) is 8.56. The Bertz CT molecular complexity index is 1360. The normalized spacial score (nSPS) is 18.0. The third kappa shape index (κ3) is 3.46. The number of amides is 1. The van der Waals surface area contributed by atoms with E-state index in [1.54, 1.807) is 18.7 Å². The molecule has 1 aliphatic carbocycles. The molecule has 4 aromatic heterocycles. The number of ether oxygens (including phenoxy) is 1. The minimum absolute atomic E-state index is 0.179. The van der Waals surface area contributed by atoms with Gasteiger partial charge in [0, 0.05) is 42.4 Å². The molecule has 172 valence electrons. The molecule has 0 bridgehead atoms. The number of hydrogen-bond donors (Lipinski definition) is 3. The Hall–Kier alpha value is -3.66. The quantitative estimate of drug-likeness (QED) is 0.414. The molecule has 33 heavy (non-hydrogen) atoms. The lowest BCUT2D eigenvalue weighted by atomic mass is 9.89. The number of pyridine rings is 1. The van der Waals surface area contributed by atoms with E-state index in [1.165, 1.54) is 6.20 Å². The van der Waals surface area contributed by atoms with E-state index in [4.69, 9.17) is 9.72 Å². The van der Waals surface area contributed by atoms with Gasteiger partial charge >= 0.3 is 0 Å². The van der Waals surface area contributed by atoms with Gasteiger partial charge in [-0.15, -0.1) is 0 Å². The molecule has 0 aromatic carbocycles. The summed E-state index contributed by atoms with van der Waals surface area (Å²) in [6, 6.07) is 5.65. The van der Waals surface area contributed by atoms with Crippen LogP contribution in [-0.4, -0.2) is 61.5 Å². The Labute approximate surface area is 190 Å². The van der Waals surface area contributed by atoms with Gasteiger partial charge in [-0.3, -0.25) is 4.79 Å². The zero-order chi connectivity index (χ0) is 23.3. The Balaban J connectivity index is 1.66. The lowest BCUT2D eigenvalue weighted by Crippen LogP contribution is -2.50. The SMILES string of the molecule is CNc1cc(-c2cn(C(C)C)c3nc(OC)ccc23)nc2c(C(=O)NC3CC[C@@H]3O)cnn12. The van der Waals surface area contributed by atoms with E-state index < -0.39 is 6.10 Å². The van der Waals surface area contributed by atoms with E-state index in [9.17, 15) is 9.90 Å². The fourth-order valence-electron chi connectivity index (χ4n) is 4.16. The summed E-state index contributed by atoms with van der Waals surface area (Å²) in [5.41, 5.74) is 3.20. The van der Waals surface area contributed by atoms with Crippen molar-refractivity contribution in [3.63, 3.8) is 0 Å². The highest BCUT2D eigenvalue weighted by Crippen LogP contribution is 2.33. The summed E-state index contributed by atoms with van der Waals surface area (Å²) in [5, 5.41) is 21.2. The van der Waals surface area contributed by atoms with Crippen molar-refractivity contribution in [2.75, 3.05) is 19.5 Å². The van der Waals surface area contributed by atoms with E-state index >= 15 is 0 Å². The maximum Gasteiger partial charge on any atom is 0.257 e. The van der Waals surface area contributed by atoms with Crippen LogP contribution >= 0.6 is 0 Å².